The zero-order valence-corrected chi connectivity index (χ0v) is 13.6. The third-order valence-corrected chi connectivity index (χ3v) is 3.36. The van der Waals surface area contributed by atoms with Gasteiger partial charge in [-0.1, -0.05) is 23.4 Å². The van der Waals surface area contributed by atoms with E-state index in [9.17, 15) is 9.59 Å². The molecular formula is C16H18N2O6. The van der Waals surface area contributed by atoms with Crippen molar-refractivity contribution in [1.82, 2.24) is 0 Å². The van der Waals surface area contributed by atoms with Crippen LogP contribution >= 0.6 is 0 Å². The third-order valence-electron chi connectivity index (χ3n) is 3.36. The molecular weight excluding hydrogens is 316 g/mol. The van der Waals surface area contributed by atoms with Crippen molar-refractivity contribution in [2.24, 2.45) is 5.16 Å². The minimum atomic E-state index is -0.655. The van der Waals surface area contributed by atoms with Crippen molar-refractivity contribution in [3.63, 3.8) is 0 Å². The molecule has 0 amide bonds. The Morgan fingerprint density at radius 3 is 2.54 bits per heavy atom. The second-order valence-corrected chi connectivity index (χ2v) is 4.69. The minimum absolute atomic E-state index is 0.0397. The Morgan fingerprint density at radius 1 is 1.17 bits per heavy atom. The predicted octanol–water partition coefficient (Wildman–Crippen LogP) is 1.06. The molecule has 0 radical (unpaired) electrons. The lowest BCUT2D eigenvalue weighted by atomic mass is 10.1. The molecule has 0 N–H and O–H groups in total. The first kappa shape index (κ1) is 17.5. The van der Waals surface area contributed by atoms with Crippen molar-refractivity contribution < 1.29 is 28.6 Å². The number of benzene rings is 1. The number of anilines is 1. The molecule has 0 saturated carbocycles. The number of carbonyl (C=O) groups is 2. The normalized spacial score (nSPS) is 14.7. The van der Waals surface area contributed by atoms with Crippen molar-refractivity contribution in [2.75, 3.05) is 39.6 Å². The van der Waals surface area contributed by atoms with Gasteiger partial charge in [-0.15, -0.1) is 0 Å². The first-order valence-corrected chi connectivity index (χ1v) is 7.04. The van der Waals surface area contributed by atoms with E-state index < -0.39 is 11.9 Å². The van der Waals surface area contributed by atoms with Gasteiger partial charge in [0.25, 0.3) is 0 Å². The largest absolute Gasteiger partial charge is 0.466 e. The van der Waals surface area contributed by atoms with Crippen LogP contribution in [0.1, 0.15) is 5.56 Å². The van der Waals surface area contributed by atoms with Crippen molar-refractivity contribution >= 4 is 23.8 Å². The molecule has 8 nitrogen and oxygen atoms in total. The average molecular weight is 334 g/mol. The molecule has 0 aromatic heterocycles. The highest BCUT2D eigenvalue weighted by molar-refractivity contribution is 6.04. The number of esters is 2. The molecule has 24 heavy (non-hydrogen) atoms. The topological polar surface area (TPSA) is 86.7 Å². The van der Waals surface area contributed by atoms with E-state index in [0.29, 0.717) is 11.3 Å². The van der Waals surface area contributed by atoms with E-state index in [1.165, 1.54) is 27.5 Å². The maximum atomic E-state index is 12.3. The highest BCUT2D eigenvalue weighted by Crippen LogP contribution is 2.28. The van der Waals surface area contributed by atoms with Gasteiger partial charge in [0.2, 0.25) is 0 Å². The van der Waals surface area contributed by atoms with Gasteiger partial charge in [-0.2, -0.15) is 0 Å². The third kappa shape index (κ3) is 3.54. The molecule has 1 aromatic rings. The number of oxime groups is 1. The second-order valence-electron chi connectivity index (χ2n) is 4.69. The van der Waals surface area contributed by atoms with Crippen LogP contribution in [0, 0.1) is 0 Å². The van der Waals surface area contributed by atoms with Crippen LogP contribution in [0.3, 0.4) is 0 Å². The molecule has 1 aliphatic heterocycles. The summed E-state index contributed by atoms with van der Waals surface area (Å²) in [6.45, 7) is 0.0324. The Balaban J connectivity index is 2.57. The lowest BCUT2D eigenvalue weighted by Gasteiger charge is -2.32. The van der Waals surface area contributed by atoms with E-state index in [0.717, 1.165) is 0 Å². The SMILES string of the molecule is CON=Cc1ccccc1N1COCC(C(=O)OC)=C1C(=O)OC. The predicted molar refractivity (Wildman–Crippen MR) is 85.4 cm³/mol. The Hall–Kier alpha value is -2.87. The minimum Gasteiger partial charge on any atom is -0.466 e. The maximum absolute atomic E-state index is 12.3. The van der Waals surface area contributed by atoms with E-state index in [1.54, 1.807) is 23.1 Å². The summed E-state index contributed by atoms with van der Waals surface area (Å²) in [5.41, 5.74) is 1.46. The van der Waals surface area contributed by atoms with Crippen molar-refractivity contribution in [3.05, 3.63) is 41.1 Å². The Morgan fingerprint density at radius 2 is 1.88 bits per heavy atom. The van der Waals surface area contributed by atoms with Gasteiger partial charge in [0.05, 0.1) is 38.3 Å². The molecule has 0 fully saturated rings. The van der Waals surface area contributed by atoms with E-state index >= 15 is 0 Å². The fourth-order valence-electron chi connectivity index (χ4n) is 2.29. The lowest BCUT2D eigenvalue weighted by molar-refractivity contribution is -0.140. The van der Waals surface area contributed by atoms with Crippen LogP contribution in [0.15, 0.2) is 40.7 Å². The maximum Gasteiger partial charge on any atom is 0.355 e. The van der Waals surface area contributed by atoms with Crippen LogP contribution in [-0.4, -0.2) is 52.8 Å². The summed E-state index contributed by atoms with van der Waals surface area (Å²) in [6, 6.07) is 7.16. The molecule has 1 aromatic carbocycles. The summed E-state index contributed by atoms with van der Waals surface area (Å²) in [6.07, 6.45) is 1.50. The van der Waals surface area contributed by atoms with Gasteiger partial charge in [-0.3, -0.25) is 0 Å². The number of carbonyl (C=O) groups excluding carboxylic acids is 2. The summed E-state index contributed by atoms with van der Waals surface area (Å²) in [4.78, 5) is 30.5. The molecule has 2 rings (SSSR count). The molecule has 128 valence electrons. The molecule has 1 aliphatic rings. The molecule has 8 heteroatoms. The summed E-state index contributed by atoms with van der Waals surface area (Å²) < 4.78 is 15.0. The monoisotopic (exact) mass is 334 g/mol. The van der Waals surface area contributed by atoms with Gasteiger partial charge < -0.3 is 23.9 Å². The molecule has 0 atom stereocenters. The number of nitrogens with zero attached hydrogens (tertiary/aromatic N) is 2. The Labute approximate surface area is 139 Å². The number of hydrogen-bond donors (Lipinski definition) is 0. The van der Waals surface area contributed by atoms with Gasteiger partial charge >= 0.3 is 11.9 Å². The first-order valence-electron chi connectivity index (χ1n) is 7.04. The number of hydrogen-bond acceptors (Lipinski definition) is 8. The summed E-state index contributed by atoms with van der Waals surface area (Å²) >= 11 is 0. The first-order chi connectivity index (χ1) is 11.6. The fourth-order valence-corrected chi connectivity index (χ4v) is 2.29. The molecule has 0 spiro atoms. The van der Waals surface area contributed by atoms with E-state index in [-0.39, 0.29) is 24.6 Å². The summed E-state index contributed by atoms with van der Waals surface area (Å²) in [5, 5.41) is 3.74. The van der Waals surface area contributed by atoms with E-state index in [2.05, 4.69) is 5.16 Å². The number of rotatable bonds is 5. The van der Waals surface area contributed by atoms with Gasteiger partial charge in [-0.05, 0) is 6.07 Å². The van der Waals surface area contributed by atoms with Crippen molar-refractivity contribution in [3.8, 4) is 0 Å². The molecule has 1 heterocycles. The summed E-state index contributed by atoms with van der Waals surface area (Å²) in [7, 11) is 3.91. The van der Waals surface area contributed by atoms with Crippen molar-refractivity contribution in [1.29, 1.82) is 0 Å². The van der Waals surface area contributed by atoms with Crippen LogP contribution in [0.4, 0.5) is 5.69 Å². The average Bonchev–Trinajstić information content (AvgIpc) is 2.64. The van der Waals surface area contributed by atoms with Crippen LogP contribution in [0.5, 0.6) is 0 Å². The summed E-state index contributed by atoms with van der Waals surface area (Å²) in [5.74, 6) is -1.31. The fraction of sp³-hybridized carbons (Fsp3) is 0.312. The van der Waals surface area contributed by atoms with Gasteiger partial charge in [0.15, 0.2) is 0 Å². The second kappa shape index (κ2) is 8.11. The number of para-hydroxylation sites is 1. The highest BCUT2D eigenvalue weighted by Gasteiger charge is 2.33. The van der Waals surface area contributed by atoms with Crippen molar-refractivity contribution in [2.45, 2.75) is 0 Å². The van der Waals surface area contributed by atoms with Gasteiger partial charge in [0, 0.05) is 5.56 Å². The number of ether oxygens (including phenoxy) is 3. The zero-order valence-electron chi connectivity index (χ0n) is 13.6. The van der Waals surface area contributed by atoms with Crippen LogP contribution in [-0.2, 0) is 28.6 Å². The molecule has 0 saturated heterocycles. The lowest BCUT2D eigenvalue weighted by Crippen LogP contribution is -2.39. The van der Waals surface area contributed by atoms with Gasteiger partial charge in [-0.25, -0.2) is 9.59 Å². The Kier molecular flexibility index (Phi) is 5.91. The molecule has 0 unspecified atom stereocenters. The van der Waals surface area contributed by atoms with Crippen LogP contribution in [0.25, 0.3) is 0 Å². The molecule has 0 bridgehead atoms. The molecule has 0 aliphatic carbocycles. The van der Waals surface area contributed by atoms with Gasteiger partial charge in [0.1, 0.15) is 19.5 Å². The van der Waals surface area contributed by atoms with E-state index in [1.807, 2.05) is 6.07 Å². The van der Waals surface area contributed by atoms with Crippen LogP contribution < -0.4 is 4.90 Å². The van der Waals surface area contributed by atoms with E-state index in [4.69, 9.17) is 19.0 Å². The smallest absolute Gasteiger partial charge is 0.355 e. The zero-order chi connectivity index (χ0) is 17.5. The standard InChI is InChI=1S/C16H18N2O6/c1-21-15(19)12-9-24-10-18(14(12)16(20)22-2)13-7-5-4-6-11(13)8-17-23-3/h4-8H,9-10H2,1-3H3. The quantitative estimate of drug-likeness (QED) is 0.452. The number of methoxy groups -OCH3 is 2. The van der Waals surface area contributed by atoms with Crippen LogP contribution in [0.2, 0.25) is 0 Å². The Bertz CT molecular complexity index is 683. The highest BCUT2D eigenvalue weighted by atomic mass is 16.6.